The first kappa shape index (κ1) is 78.6. The molecule has 0 bridgehead atoms. The summed E-state index contributed by atoms with van der Waals surface area (Å²) in [5, 5.41) is 0. The molecule has 0 N–H and O–H groups in total. The lowest BCUT2D eigenvalue weighted by molar-refractivity contribution is -0.138. The van der Waals surface area contributed by atoms with Crippen LogP contribution in [0.15, 0.2) is 110 Å². The van der Waals surface area contributed by atoms with E-state index < -0.39 is 11.9 Å². The minimum Gasteiger partial charge on any atom is -0.494 e. The molecule has 2 heterocycles. The Morgan fingerprint density at radius 2 is 0.702 bits per heavy atom. The fourth-order valence-corrected chi connectivity index (χ4v) is 9.38. The first-order chi connectivity index (χ1) is 46.3. The fraction of sp³-hybridized carbons (Fsp3) is 0.589. The van der Waals surface area contributed by atoms with Gasteiger partial charge in [0.1, 0.15) is 30.5 Å². The van der Waals surface area contributed by atoms with Crippen molar-refractivity contribution in [1.29, 1.82) is 0 Å². The molecule has 0 aromatic heterocycles. The summed E-state index contributed by atoms with van der Waals surface area (Å²) in [7, 11) is 0. The highest BCUT2D eigenvalue weighted by Crippen LogP contribution is 2.29. The Hall–Kier alpha value is -6.08. The maximum Gasteiger partial charge on any atom is 0.330 e. The molecule has 2 aliphatic rings. The molecule has 524 valence electrons. The molecule has 0 amide bonds. The molecule has 94 heavy (non-hydrogen) atoms. The average molecular weight is 1320 g/mol. The topological polar surface area (TPSA) is 191 Å². The number of carbonyl (C=O) groups excluding carboxylic acids is 2. The molecule has 19 nitrogen and oxygen atoms in total. The zero-order chi connectivity index (χ0) is 66.4. The highest BCUT2D eigenvalue weighted by Gasteiger charge is 2.14. The van der Waals surface area contributed by atoms with Gasteiger partial charge >= 0.3 is 11.9 Å². The Kier molecular flexibility index (Phi) is 44.4. The van der Waals surface area contributed by atoms with Crippen molar-refractivity contribution in [2.45, 2.75) is 115 Å². The zero-order valence-electron chi connectivity index (χ0n) is 55.3. The quantitative estimate of drug-likeness (QED) is 0.0232. The lowest BCUT2D eigenvalue weighted by Gasteiger charge is -2.19. The SMILES string of the molecule is C=CC(=O)OCCCCCCOc1ccc(-c2ccc(OCCCCCCOCC3COCCOCCOCCO3)cc2)cc1F.C=CC(=O)OCCCCCCOc1ccc(-c2ccc(OCCCCCCOCC3COCOCCOCCOCCO3)cc2)cc1F. The van der Waals surface area contributed by atoms with Crippen LogP contribution in [0.3, 0.4) is 0 Å². The summed E-state index contributed by atoms with van der Waals surface area (Å²) in [6.45, 7) is 19.4. The molecule has 6 rings (SSSR count). The molecule has 0 spiro atoms. The van der Waals surface area contributed by atoms with Gasteiger partial charge in [0.05, 0.1) is 145 Å². The Morgan fingerprint density at radius 1 is 0.372 bits per heavy atom. The van der Waals surface area contributed by atoms with Crippen molar-refractivity contribution in [3.05, 3.63) is 122 Å². The van der Waals surface area contributed by atoms with E-state index in [0.29, 0.717) is 159 Å². The zero-order valence-corrected chi connectivity index (χ0v) is 55.3. The molecule has 4 aromatic carbocycles. The van der Waals surface area contributed by atoms with Gasteiger partial charge in [0, 0.05) is 25.4 Å². The second-order valence-corrected chi connectivity index (χ2v) is 22.2. The van der Waals surface area contributed by atoms with Gasteiger partial charge in [-0.05, 0) is 161 Å². The smallest absolute Gasteiger partial charge is 0.330 e. The van der Waals surface area contributed by atoms with Crippen LogP contribution in [-0.4, -0.2) is 190 Å². The number of ether oxygens (including phenoxy) is 17. The molecule has 0 radical (unpaired) electrons. The minimum atomic E-state index is -0.404. The van der Waals surface area contributed by atoms with Crippen molar-refractivity contribution < 1.29 is 98.9 Å². The number of unbranched alkanes of at least 4 members (excludes halogenated alkanes) is 12. The van der Waals surface area contributed by atoms with Crippen LogP contribution in [0.1, 0.15) is 103 Å². The van der Waals surface area contributed by atoms with Crippen molar-refractivity contribution in [3.63, 3.8) is 0 Å². The highest BCUT2D eigenvalue weighted by molar-refractivity contribution is 5.81. The Labute approximate surface area is 556 Å². The van der Waals surface area contributed by atoms with Crippen LogP contribution in [0.2, 0.25) is 0 Å². The number of hydrogen-bond acceptors (Lipinski definition) is 19. The molecule has 21 heteroatoms. The summed E-state index contributed by atoms with van der Waals surface area (Å²) in [5.74, 6) is 0.492. The van der Waals surface area contributed by atoms with Crippen molar-refractivity contribution >= 4 is 11.9 Å². The lowest BCUT2D eigenvalue weighted by atomic mass is 10.1. The van der Waals surface area contributed by atoms with E-state index in [1.165, 1.54) is 12.1 Å². The van der Waals surface area contributed by atoms with Gasteiger partial charge in [-0.15, -0.1) is 0 Å². The largest absolute Gasteiger partial charge is 0.494 e. The Bertz CT molecular complexity index is 2550. The van der Waals surface area contributed by atoms with E-state index in [9.17, 15) is 18.4 Å². The van der Waals surface area contributed by atoms with Gasteiger partial charge in [-0.25, -0.2) is 18.4 Å². The van der Waals surface area contributed by atoms with E-state index in [1.54, 1.807) is 12.1 Å². The van der Waals surface area contributed by atoms with Crippen LogP contribution in [0.4, 0.5) is 8.78 Å². The monoisotopic (exact) mass is 1320 g/mol. The van der Waals surface area contributed by atoms with Crippen LogP contribution >= 0.6 is 0 Å². The van der Waals surface area contributed by atoms with Crippen LogP contribution in [0, 0.1) is 11.6 Å². The minimum absolute atomic E-state index is 0.101. The number of halogens is 2. The van der Waals surface area contributed by atoms with Gasteiger partial charge in [0.25, 0.3) is 0 Å². The molecule has 0 aliphatic carbocycles. The van der Waals surface area contributed by atoms with Gasteiger partial charge < -0.3 is 80.5 Å². The molecule has 2 atom stereocenters. The van der Waals surface area contributed by atoms with Crippen LogP contribution in [0.5, 0.6) is 23.0 Å². The van der Waals surface area contributed by atoms with Gasteiger partial charge in [0.15, 0.2) is 23.1 Å². The van der Waals surface area contributed by atoms with Gasteiger partial charge in [0.2, 0.25) is 0 Å². The molecular formula is C73H104F2O19. The molecule has 2 unspecified atom stereocenters. The number of esters is 2. The molecule has 2 saturated heterocycles. The third-order valence-corrected chi connectivity index (χ3v) is 14.6. The summed E-state index contributed by atoms with van der Waals surface area (Å²) < 4.78 is 124. The predicted octanol–water partition coefficient (Wildman–Crippen LogP) is 13.1. The summed E-state index contributed by atoms with van der Waals surface area (Å²) in [6, 6.07) is 25.4. The first-order valence-electron chi connectivity index (χ1n) is 33.6. The van der Waals surface area contributed by atoms with E-state index >= 15 is 0 Å². The fourth-order valence-electron chi connectivity index (χ4n) is 9.38. The first-order valence-corrected chi connectivity index (χ1v) is 33.6. The molecule has 4 aromatic rings. The van der Waals surface area contributed by atoms with Gasteiger partial charge in [-0.3, -0.25) is 0 Å². The Morgan fingerprint density at radius 3 is 1.10 bits per heavy atom. The van der Waals surface area contributed by atoms with E-state index in [4.69, 9.17) is 80.5 Å². The third-order valence-electron chi connectivity index (χ3n) is 14.6. The lowest BCUT2D eigenvalue weighted by Crippen LogP contribution is -2.29. The van der Waals surface area contributed by atoms with E-state index in [0.717, 1.165) is 149 Å². The maximum atomic E-state index is 14.7. The van der Waals surface area contributed by atoms with Gasteiger partial charge in [-0.1, -0.05) is 62.4 Å². The highest BCUT2D eigenvalue weighted by atomic mass is 19.1. The van der Waals surface area contributed by atoms with E-state index in [-0.39, 0.29) is 42.1 Å². The van der Waals surface area contributed by atoms with Crippen molar-refractivity contribution in [2.24, 2.45) is 0 Å². The summed E-state index contributed by atoms with van der Waals surface area (Å²) in [6.07, 6.45) is 16.9. The normalized spacial score (nSPS) is 16.3. The second kappa shape index (κ2) is 53.1. The average Bonchev–Trinajstić information content (AvgIpc) is 1.54. The summed E-state index contributed by atoms with van der Waals surface area (Å²) >= 11 is 0. The van der Waals surface area contributed by atoms with Crippen molar-refractivity contribution in [1.82, 2.24) is 0 Å². The second-order valence-electron chi connectivity index (χ2n) is 22.2. The molecular weight excluding hydrogens is 1220 g/mol. The van der Waals surface area contributed by atoms with Crippen LogP contribution in [-0.2, 0) is 71.2 Å². The number of rotatable bonds is 40. The van der Waals surface area contributed by atoms with Crippen LogP contribution in [0.25, 0.3) is 22.3 Å². The van der Waals surface area contributed by atoms with Crippen molar-refractivity contribution in [3.8, 4) is 45.3 Å². The molecule has 0 saturated carbocycles. The third kappa shape index (κ3) is 37.9. The Balaban J connectivity index is 0.000000341. The van der Waals surface area contributed by atoms with Crippen LogP contribution < -0.4 is 18.9 Å². The maximum absolute atomic E-state index is 14.7. The predicted molar refractivity (Wildman–Crippen MR) is 354 cm³/mol. The number of hydrogen-bond donors (Lipinski definition) is 0. The number of benzene rings is 4. The van der Waals surface area contributed by atoms with E-state index in [2.05, 4.69) is 13.2 Å². The summed E-state index contributed by atoms with van der Waals surface area (Å²) in [5.41, 5.74) is 3.37. The molecule has 2 fully saturated rings. The van der Waals surface area contributed by atoms with E-state index in [1.807, 2.05) is 60.7 Å². The number of carbonyl (C=O) groups is 2. The summed E-state index contributed by atoms with van der Waals surface area (Å²) in [4.78, 5) is 22.0. The van der Waals surface area contributed by atoms with Gasteiger partial charge in [-0.2, -0.15) is 0 Å². The standard InChI is InChI=1S/C37H53FO10.C36H51FO9/c1-2-37(39)48-20-10-6-5-9-19-47-36-16-13-32(27-35(36)38)31-11-14-33(15-12-31)45-18-8-4-3-7-17-42-28-34-29-44-30-43-24-23-40-21-22-41-25-26-46-34;1-2-36(38)46-20-10-6-5-9-19-45-35-16-13-31(27-34(35)37)30-11-14-32(15-12-30)43-18-8-4-3-7-17-41-28-33-29-42-24-23-39-21-22-40-25-26-44-33/h2,11-16,27,34H,1,3-10,17-26,28-30H2;2,11-16,27,33H,1,3-10,17-26,28-29H2. The van der Waals surface area contributed by atoms with Crippen molar-refractivity contribution in [2.75, 3.05) is 165 Å². The molecule has 2 aliphatic heterocycles.